The molecule has 0 aromatic heterocycles. The van der Waals surface area contributed by atoms with Gasteiger partial charge in [-0.2, -0.15) is 0 Å². The van der Waals surface area contributed by atoms with Gasteiger partial charge in [0.15, 0.2) is 0 Å². The van der Waals surface area contributed by atoms with Crippen molar-refractivity contribution in [2.45, 2.75) is 32.6 Å². The molecule has 2 N–H and O–H groups in total. The molecule has 0 saturated carbocycles. The second-order valence-electron chi connectivity index (χ2n) is 4.81. The minimum atomic E-state index is -0.0427. The van der Waals surface area contributed by atoms with Gasteiger partial charge in [-0.05, 0) is 24.0 Å². The first-order valence-corrected chi connectivity index (χ1v) is 7.55. The summed E-state index contributed by atoms with van der Waals surface area (Å²) >= 11 is 3.50. The first-order valence-electron chi connectivity index (χ1n) is 6.76. The van der Waals surface area contributed by atoms with Crippen molar-refractivity contribution in [1.29, 1.82) is 0 Å². The maximum Gasteiger partial charge on any atom is 0.220 e. The average Bonchev–Trinajstić information content (AvgIpc) is 2.38. The van der Waals surface area contributed by atoms with Crippen molar-refractivity contribution in [3.8, 4) is 0 Å². The molecule has 0 bridgehead atoms. The highest BCUT2D eigenvalue weighted by molar-refractivity contribution is 9.10. The Kier molecular flexibility index (Phi) is 7.30. The van der Waals surface area contributed by atoms with Crippen molar-refractivity contribution in [3.63, 3.8) is 0 Å². The summed E-state index contributed by atoms with van der Waals surface area (Å²) in [7, 11) is 0. The van der Waals surface area contributed by atoms with Crippen molar-refractivity contribution in [2.75, 3.05) is 13.1 Å². The Balaban J connectivity index is 2.28. The first-order chi connectivity index (χ1) is 9.50. The van der Waals surface area contributed by atoms with Gasteiger partial charge >= 0.3 is 0 Å². The number of benzene rings is 1. The van der Waals surface area contributed by atoms with Gasteiger partial charge in [0.2, 0.25) is 11.8 Å². The number of hydrogen-bond donors (Lipinski definition) is 2. The van der Waals surface area contributed by atoms with Gasteiger partial charge in [0, 0.05) is 30.9 Å². The predicted octanol–water partition coefficient (Wildman–Crippen LogP) is 2.59. The SMILES string of the molecule is CC(=O)NCCCNC(=O)C[C@H](C)c1ccccc1Br. The summed E-state index contributed by atoms with van der Waals surface area (Å²) in [6.45, 7) is 4.70. The van der Waals surface area contributed by atoms with E-state index in [1.54, 1.807) is 0 Å². The van der Waals surface area contributed by atoms with Crippen molar-refractivity contribution in [2.24, 2.45) is 0 Å². The maximum atomic E-state index is 11.8. The molecule has 0 aliphatic heterocycles. The van der Waals surface area contributed by atoms with Crippen molar-refractivity contribution < 1.29 is 9.59 Å². The number of amides is 2. The molecule has 0 aliphatic carbocycles. The molecule has 4 nitrogen and oxygen atoms in total. The van der Waals surface area contributed by atoms with Crippen LogP contribution in [0.2, 0.25) is 0 Å². The lowest BCUT2D eigenvalue weighted by Gasteiger charge is -2.13. The Labute approximate surface area is 128 Å². The van der Waals surface area contributed by atoms with Gasteiger partial charge in [0.05, 0.1) is 0 Å². The van der Waals surface area contributed by atoms with E-state index in [0.29, 0.717) is 19.5 Å². The van der Waals surface area contributed by atoms with Crippen molar-refractivity contribution in [1.82, 2.24) is 10.6 Å². The second-order valence-corrected chi connectivity index (χ2v) is 5.67. The van der Waals surface area contributed by atoms with Crippen LogP contribution in [0, 0.1) is 0 Å². The first kappa shape index (κ1) is 16.7. The molecule has 2 amide bonds. The molecule has 0 heterocycles. The summed E-state index contributed by atoms with van der Waals surface area (Å²) in [6.07, 6.45) is 1.21. The standard InChI is InChI=1S/C15H21BrN2O2/c1-11(13-6-3-4-7-14(13)16)10-15(20)18-9-5-8-17-12(2)19/h3-4,6-7,11H,5,8-10H2,1-2H3,(H,17,19)(H,18,20)/t11-/m0/s1. The van der Waals surface area contributed by atoms with E-state index < -0.39 is 0 Å². The van der Waals surface area contributed by atoms with E-state index in [-0.39, 0.29) is 17.7 Å². The summed E-state index contributed by atoms with van der Waals surface area (Å²) in [5.74, 6) is 0.163. The van der Waals surface area contributed by atoms with Crippen LogP contribution < -0.4 is 10.6 Å². The third-order valence-corrected chi connectivity index (χ3v) is 3.70. The van der Waals surface area contributed by atoms with Crippen LogP contribution in [-0.2, 0) is 9.59 Å². The molecule has 110 valence electrons. The summed E-state index contributed by atoms with van der Waals surface area (Å²) in [5.41, 5.74) is 1.14. The Morgan fingerprint density at radius 3 is 2.50 bits per heavy atom. The molecule has 1 rings (SSSR count). The highest BCUT2D eigenvalue weighted by Gasteiger charge is 2.13. The van der Waals surface area contributed by atoms with Gasteiger partial charge in [-0.3, -0.25) is 9.59 Å². The van der Waals surface area contributed by atoms with E-state index in [2.05, 4.69) is 26.6 Å². The molecule has 5 heteroatoms. The third-order valence-electron chi connectivity index (χ3n) is 2.98. The Morgan fingerprint density at radius 1 is 1.20 bits per heavy atom. The van der Waals surface area contributed by atoms with Crippen LogP contribution in [0.4, 0.5) is 0 Å². The van der Waals surface area contributed by atoms with Gasteiger partial charge in [-0.1, -0.05) is 41.1 Å². The van der Waals surface area contributed by atoms with Gasteiger partial charge in [-0.15, -0.1) is 0 Å². The summed E-state index contributed by atoms with van der Waals surface area (Å²) in [4.78, 5) is 22.5. The number of nitrogens with one attached hydrogen (secondary N) is 2. The summed E-state index contributed by atoms with van der Waals surface area (Å²) in [6, 6.07) is 7.94. The van der Waals surface area contributed by atoms with E-state index >= 15 is 0 Å². The normalized spacial score (nSPS) is 11.8. The molecule has 1 aromatic carbocycles. The van der Waals surface area contributed by atoms with Crippen LogP contribution in [0.1, 0.15) is 38.2 Å². The quantitative estimate of drug-likeness (QED) is 0.749. The van der Waals surface area contributed by atoms with Crippen LogP contribution in [0.25, 0.3) is 0 Å². The molecule has 0 radical (unpaired) electrons. The molecule has 1 atom stereocenters. The number of halogens is 1. The lowest BCUT2D eigenvalue weighted by atomic mass is 9.97. The predicted molar refractivity (Wildman–Crippen MR) is 83.5 cm³/mol. The number of carbonyl (C=O) groups excluding carboxylic acids is 2. The van der Waals surface area contributed by atoms with Gasteiger partial charge in [0.25, 0.3) is 0 Å². The van der Waals surface area contributed by atoms with E-state index in [9.17, 15) is 9.59 Å². The molecule has 0 spiro atoms. The van der Waals surface area contributed by atoms with Crippen molar-refractivity contribution >= 4 is 27.7 Å². The second kappa shape index (κ2) is 8.74. The minimum Gasteiger partial charge on any atom is -0.356 e. The van der Waals surface area contributed by atoms with Crippen molar-refractivity contribution in [3.05, 3.63) is 34.3 Å². The van der Waals surface area contributed by atoms with Gasteiger partial charge in [-0.25, -0.2) is 0 Å². The van der Waals surface area contributed by atoms with Crippen LogP contribution in [0.3, 0.4) is 0 Å². The zero-order valence-electron chi connectivity index (χ0n) is 11.9. The molecule has 0 saturated heterocycles. The molecular formula is C15H21BrN2O2. The highest BCUT2D eigenvalue weighted by atomic mass is 79.9. The number of hydrogen-bond acceptors (Lipinski definition) is 2. The fraction of sp³-hybridized carbons (Fsp3) is 0.467. The van der Waals surface area contributed by atoms with E-state index in [1.807, 2.05) is 31.2 Å². The number of rotatable bonds is 7. The fourth-order valence-electron chi connectivity index (χ4n) is 1.92. The zero-order valence-corrected chi connectivity index (χ0v) is 13.5. The van der Waals surface area contributed by atoms with E-state index in [4.69, 9.17) is 0 Å². The third kappa shape index (κ3) is 6.19. The molecule has 1 aromatic rings. The topological polar surface area (TPSA) is 58.2 Å². The molecule has 0 fully saturated rings. The van der Waals surface area contributed by atoms with Gasteiger partial charge in [0.1, 0.15) is 0 Å². The van der Waals surface area contributed by atoms with E-state index in [1.165, 1.54) is 6.92 Å². The minimum absolute atomic E-state index is 0.0380. The molecule has 20 heavy (non-hydrogen) atoms. The average molecular weight is 341 g/mol. The molecule has 0 unspecified atom stereocenters. The number of carbonyl (C=O) groups is 2. The Hall–Kier alpha value is -1.36. The summed E-state index contributed by atoms with van der Waals surface area (Å²) < 4.78 is 1.03. The van der Waals surface area contributed by atoms with Crippen LogP contribution in [-0.4, -0.2) is 24.9 Å². The molecule has 0 aliphatic rings. The smallest absolute Gasteiger partial charge is 0.220 e. The highest BCUT2D eigenvalue weighted by Crippen LogP contribution is 2.26. The van der Waals surface area contributed by atoms with Gasteiger partial charge < -0.3 is 10.6 Å². The van der Waals surface area contributed by atoms with Crippen LogP contribution >= 0.6 is 15.9 Å². The zero-order chi connectivity index (χ0) is 15.0. The van der Waals surface area contributed by atoms with Crippen LogP contribution in [0.5, 0.6) is 0 Å². The lowest BCUT2D eigenvalue weighted by Crippen LogP contribution is -2.29. The monoisotopic (exact) mass is 340 g/mol. The van der Waals surface area contributed by atoms with E-state index in [0.717, 1.165) is 16.5 Å². The lowest BCUT2D eigenvalue weighted by molar-refractivity contribution is -0.121. The fourth-order valence-corrected chi connectivity index (χ4v) is 2.59. The molecular weight excluding hydrogens is 320 g/mol. The Bertz CT molecular complexity index is 463. The van der Waals surface area contributed by atoms with Crippen LogP contribution in [0.15, 0.2) is 28.7 Å². The maximum absolute atomic E-state index is 11.8. The summed E-state index contributed by atoms with van der Waals surface area (Å²) in [5, 5.41) is 5.57. The largest absolute Gasteiger partial charge is 0.356 e. The Morgan fingerprint density at radius 2 is 1.85 bits per heavy atom.